The third-order valence-corrected chi connectivity index (χ3v) is 1.90. The highest BCUT2D eigenvalue weighted by atomic mass is 16.2. The zero-order valence-electron chi connectivity index (χ0n) is 8.96. The van der Waals surface area contributed by atoms with Crippen molar-refractivity contribution in [2.24, 2.45) is 7.05 Å². The van der Waals surface area contributed by atoms with Crippen LogP contribution in [0, 0.1) is 6.92 Å². The normalized spacial score (nSPS) is 10.6. The van der Waals surface area contributed by atoms with Crippen LogP contribution < -0.4 is 11.1 Å². The van der Waals surface area contributed by atoms with Crippen molar-refractivity contribution in [3.8, 4) is 0 Å². The minimum Gasteiger partial charge on any atom is -0.395 e. The second-order valence-corrected chi connectivity index (χ2v) is 3.60. The molecule has 78 valence electrons. The van der Waals surface area contributed by atoms with Crippen molar-refractivity contribution in [1.82, 2.24) is 15.1 Å². The molecule has 0 aliphatic carbocycles. The molecule has 1 heterocycles. The van der Waals surface area contributed by atoms with Gasteiger partial charge in [-0.1, -0.05) is 0 Å². The molecule has 5 heteroatoms. The standard InChI is InChI=1S/C9H16N4O/c1-5(2)11-9(14)8-7(10)6(3)12-13(8)4/h5H,10H2,1-4H3,(H,11,14). The van der Waals surface area contributed by atoms with Crippen LogP contribution in [0.3, 0.4) is 0 Å². The van der Waals surface area contributed by atoms with E-state index >= 15 is 0 Å². The van der Waals surface area contributed by atoms with Crippen LogP contribution in [0.5, 0.6) is 0 Å². The number of nitrogen functional groups attached to an aromatic ring is 1. The Balaban J connectivity index is 3.00. The molecule has 1 aromatic rings. The summed E-state index contributed by atoms with van der Waals surface area (Å²) in [6.07, 6.45) is 0. The van der Waals surface area contributed by atoms with Gasteiger partial charge in [-0.25, -0.2) is 0 Å². The van der Waals surface area contributed by atoms with Gasteiger partial charge < -0.3 is 11.1 Å². The van der Waals surface area contributed by atoms with E-state index < -0.39 is 0 Å². The Morgan fingerprint density at radius 1 is 1.57 bits per heavy atom. The maximum atomic E-state index is 11.7. The molecule has 1 amide bonds. The molecule has 1 rings (SSSR count). The third-order valence-electron chi connectivity index (χ3n) is 1.90. The van der Waals surface area contributed by atoms with Crippen LogP contribution in [0.15, 0.2) is 0 Å². The average molecular weight is 196 g/mol. The van der Waals surface area contributed by atoms with Crippen LogP contribution in [0.1, 0.15) is 30.0 Å². The Kier molecular flexibility index (Phi) is 2.78. The summed E-state index contributed by atoms with van der Waals surface area (Å²) in [4.78, 5) is 11.7. The second-order valence-electron chi connectivity index (χ2n) is 3.60. The Bertz CT molecular complexity index is 354. The van der Waals surface area contributed by atoms with Crippen molar-refractivity contribution >= 4 is 11.6 Å². The van der Waals surface area contributed by atoms with Crippen LogP contribution in [0.2, 0.25) is 0 Å². The fraction of sp³-hybridized carbons (Fsp3) is 0.556. The summed E-state index contributed by atoms with van der Waals surface area (Å²) in [7, 11) is 1.71. The van der Waals surface area contributed by atoms with Crippen LogP contribution >= 0.6 is 0 Å². The molecule has 0 aromatic carbocycles. The van der Waals surface area contributed by atoms with E-state index in [-0.39, 0.29) is 11.9 Å². The SMILES string of the molecule is Cc1nn(C)c(C(=O)NC(C)C)c1N. The van der Waals surface area contributed by atoms with Crippen molar-refractivity contribution in [3.63, 3.8) is 0 Å². The molecule has 3 N–H and O–H groups in total. The number of nitrogens with one attached hydrogen (secondary N) is 1. The minimum absolute atomic E-state index is 0.0945. The molecular weight excluding hydrogens is 180 g/mol. The van der Waals surface area contributed by atoms with Gasteiger partial charge in [0.25, 0.3) is 5.91 Å². The fourth-order valence-electron chi connectivity index (χ4n) is 1.27. The average Bonchev–Trinajstić information content (AvgIpc) is 2.25. The Morgan fingerprint density at radius 3 is 2.50 bits per heavy atom. The number of hydrogen-bond donors (Lipinski definition) is 2. The van der Waals surface area contributed by atoms with E-state index in [4.69, 9.17) is 5.73 Å². The maximum absolute atomic E-state index is 11.7. The first-order valence-electron chi connectivity index (χ1n) is 4.53. The van der Waals surface area contributed by atoms with E-state index in [0.29, 0.717) is 17.1 Å². The number of anilines is 1. The van der Waals surface area contributed by atoms with Gasteiger partial charge in [0.1, 0.15) is 5.69 Å². The lowest BCUT2D eigenvalue weighted by molar-refractivity contribution is 0.0934. The van der Waals surface area contributed by atoms with Crippen molar-refractivity contribution in [2.45, 2.75) is 26.8 Å². The first kappa shape index (κ1) is 10.6. The Hall–Kier alpha value is -1.52. The second kappa shape index (κ2) is 3.69. The van der Waals surface area contributed by atoms with Crippen LogP contribution in [0.4, 0.5) is 5.69 Å². The Morgan fingerprint density at radius 2 is 2.14 bits per heavy atom. The number of rotatable bonds is 2. The van der Waals surface area contributed by atoms with Crippen molar-refractivity contribution in [2.75, 3.05) is 5.73 Å². The van der Waals surface area contributed by atoms with E-state index in [1.54, 1.807) is 14.0 Å². The molecule has 0 radical (unpaired) electrons. The summed E-state index contributed by atoms with van der Waals surface area (Å²) in [6, 6.07) is 0.0945. The van der Waals surface area contributed by atoms with E-state index in [0.717, 1.165) is 0 Å². The van der Waals surface area contributed by atoms with Gasteiger partial charge in [0.05, 0.1) is 11.4 Å². The number of hydrogen-bond acceptors (Lipinski definition) is 3. The first-order chi connectivity index (χ1) is 6.43. The number of aryl methyl sites for hydroxylation is 2. The van der Waals surface area contributed by atoms with Gasteiger partial charge in [0, 0.05) is 13.1 Å². The van der Waals surface area contributed by atoms with Crippen molar-refractivity contribution in [3.05, 3.63) is 11.4 Å². The summed E-state index contributed by atoms with van der Waals surface area (Å²) >= 11 is 0. The number of aromatic nitrogens is 2. The van der Waals surface area contributed by atoms with Crippen LogP contribution in [-0.4, -0.2) is 21.7 Å². The van der Waals surface area contributed by atoms with Crippen molar-refractivity contribution < 1.29 is 4.79 Å². The number of carbonyl (C=O) groups is 1. The summed E-state index contributed by atoms with van der Waals surface area (Å²) < 4.78 is 1.50. The number of nitrogens with zero attached hydrogens (tertiary/aromatic N) is 2. The molecule has 0 atom stereocenters. The van der Waals surface area contributed by atoms with E-state index in [2.05, 4.69) is 10.4 Å². The zero-order valence-corrected chi connectivity index (χ0v) is 8.96. The van der Waals surface area contributed by atoms with Gasteiger partial charge in [-0.2, -0.15) is 5.10 Å². The van der Waals surface area contributed by atoms with Gasteiger partial charge in [-0.15, -0.1) is 0 Å². The molecule has 0 spiro atoms. The summed E-state index contributed by atoms with van der Waals surface area (Å²) in [5.41, 5.74) is 7.29. The molecule has 5 nitrogen and oxygen atoms in total. The maximum Gasteiger partial charge on any atom is 0.271 e. The predicted molar refractivity (Wildman–Crippen MR) is 55.0 cm³/mol. The molecule has 0 aliphatic rings. The predicted octanol–water partition coefficient (Wildman–Crippen LogP) is 0.449. The lowest BCUT2D eigenvalue weighted by Gasteiger charge is -2.08. The lowest BCUT2D eigenvalue weighted by Crippen LogP contribution is -2.32. The third kappa shape index (κ3) is 1.86. The highest BCUT2D eigenvalue weighted by Gasteiger charge is 2.17. The minimum atomic E-state index is -0.180. The molecule has 0 unspecified atom stereocenters. The summed E-state index contributed by atoms with van der Waals surface area (Å²) in [5, 5.41) is 6.84. The molecular formula is C9H16N4O. The van der Waals surface area contributed by atoms with Gasteiger partial charge in [-0.3, -0.25) is 9.48 Å². The summed E-state index contributed by atoms with van der Waals surface area (Å²) in [6.45, 7) is 5.58. The van der Waals surface area contributed by atoms with E-state index in [1.807, 2.05) is 13.8 Å². The number of carbonyl (C=O) groups excluding carboxylic acids is 1. The van der Waals surface area contributed by atoms with Gasteiger partial charge >= 0.3 is 0 Å². The molecule has 0 saturated heterocycles. The largest absolute Gasteiger partial charge is 0.395 e. The highest BCUT2D eigenvalue weighted by Crippen LogP contribution is 2.14. The monoisotopic (exact) mass is 196 g/mol. The van der Waals surface area contributed by atoms with Gasteiger partial charge in [0.15, 0.2) is 0 Å². The zero-order chi connectivity index (χ0) is 10.9. The first-order valence-corrected chi connectivity index (χ1v) is 4.53. The van der Waals surface area contributed by atoms with E-state index in [9.17, 15) is 4.79 Å². The van der Waals surface area contributed by atoms with Crippen LogP contribution in [0.25, 0.3) is 0 Å². The van der Waals surface area contributed by atoms with Crippen molar-refractivity contribution in [1.29, 1.82) is 0 Å². The summed E-state index contributed by atoms with van der Waals surface area (Å²) in [5.74, 6) is -0.180. The Labute approximate surface area is 83.3 Å². The quantitative estimate of drug-likeness (QED) is 0.721. The smallest absolute Gasteiger partial charge is 0.271 e. The van der Waals surface area contributed by atoms with Gasteiger partial charge in [0.2, 0.25) is 0 Å². The van der Waals surface area contributed by atoms with E-state index in [1.165, 1.54) is 4.68 Å². The molecule has 0 saturated carbocycles. The molecule has 14 heavy (non-hydrogen) atoms. The lowest BCUT2D eigenvalue weighted by atomic mass is 10.2. The molecule has 1 aromatic heterocycles. The number of amides is 1. The molecule has 0 bridgehead atoms. The topological polar surface area (TPSA) is 72.9 Å². The highest BCUT2D eigenvalue weighted by molar-refractivity contribution is 5.98. The number of nitrogens with two attached hydrogens (primary N) is 1. The van der Waals surface area contributed by atoms with Gasteiger partial charge in [-0.05, 0) is 20.8 Å². The molecule has 0 aliphatic heterocycles. The van der Waals surface area contributed by atoms with Crippen LogP contribution in [-0.2, 0) is 7.05 Å². The molecule has 0 fully saturated rings. The fourth-order valence-corrected chi connectivity index (χ4v) is 1.27.